The maximum atomic E-state index is 2.57. The summed E-state index contributed by atoms with van der Waals surface area (Å²) in [6.07, 6.45) is 16.5. The summed E-state index contributed by atoms with van der Waals surface area (Å²) in [5.74, 6) is 3.00. The molecule has 0 aliphatic heterocycles. The van der Waals surface area contributed by atoms with Gasteiger partial charge in [-0.2, -0.15) is 0 Å². The monoisotopic (exact) mass is 250 g/mol. The fraction of sp³-hybridized carbons (Fsp3) is 1.00. The smallest absolute Gasteiger partial charge is 0.0300 e. The van der Waals surface area contributed by atoms with E-state index in [4.69, 9.17) is 0 Å². The largest absolute Gasteiger partial charge is 0.0622 e. The Hall–Kier alpha value is 0. The highest BCUT2D eigenvalue weighted by Gasteiger charge is 2.34. The molecule has 18 heavy (non-hydrogen) atoms. The Kier molecular flexibility index (Phi) is 5.15. The Morgan fingerprint density at radius 3 is 2.33 bits per heavy atom. The van der Waals surface area contributed by atoms with Crippen molar-refractivity contribution in [3.8, 4) is 0 Å². The second-order valence-corrected chi connectivity index (χ2v) is 7.71. The van der Waals surface area contributed by atoms with Crippen LogP contribution in [-0.4, -0.2) is 0 Å². The molecule has 0 radical (unpaired) electrons. The van der Waals surface area contributed by atoms with Crippen molar-refractivity contribution in [3.05, 3.63) is 0 Å². The lowest BCUT2D eigenvalue weighted by atomic mass is 9.64. The van der Waals surface area contributed by atoms with Gasteiger partial charge in [0.05, 0.1) is 0 Å². The molecule has 0 bridgehead atoms. The van der Waals surface area contributed by atoms with Gasteiger partial charge in [0.1, 0.15) is 0 Å². The van der Waals surface area contributed by atoms with Gasteiger partial charge in [0.2, 0.25) is 0 Å². The van der Waals surface area contributed by atoms with Crippen LogP contribution in [0.3, 0.4) is 0 Å². The van der Waals surface area contributed by atoms with E-state index in [0.717, 1.165) is 17.8 Å². The molecule has 2 fully saturated rings. The zero-order chi connectivity index (χ0) is 13.0. The third kappa shape index (κ3) is 3.52. The van der Waals surface area contributed by atoms with Gasteiger partial charge in [0, 0.05) is 0 Å². The Balaban J connectivity index is 1.78. The molecule has 0 heterocycles. The number of hydrogen-bond donors (Lipinski definition) is 0. The van der Waals surface area contributed by atoms with Gasteiger partial charge in [-0.05, 0) is 42.4 Å². The molecule has 0 saturated heterocycles. The topological polar surface area (TPSA) is 0 Å². The van der Waals surface area contributed by atoms with E-state index < -0.39 is 0 Å². The van der Waals surface area contributed by atoms with E-state index in [1.807, 2.05) is 0 Å². The number of hydrogen-bond acceptors (Lipinski definition) is 0. The summed E-state index contributed by atoms with van der Waals surface area (Å²) in [6.45, 7) is 7.61. The molecular formula is C18H34. The summed E-state index contributed by atoms with van der Waals surface area (Å²) in [6, 6.07) is 0. The van der Waals surface area contributed by atoms with Gasteiger partial charge in [0.15, 0.2) is 0 Å². The van der Waals surface area contributed by atoms with E-state index in [0.29, 0.717) is 5.41 Å². The van der Waals surface area contributed by atoms with Crippen LogP contribution in [-0.2, 0) is 0 Å². The van der Waals surface area contributed by atoms with Crippen molar-refractivity contribution in [3.63, 3.8) is 0 Å². The predicted molar refractivity (Wildman–Crippen MR) is 80.7 cm³/mol. The third-order valence-electron chi connectivity index (χ3n) is 6.45. The van der Waals surface area contributed by atoms with E-state index >= 15 is 0 Å². The summed E-state index contributed by atoms with van der Waals surface area (Å²) in [5.41, 5.74) is 0.668. The van der Waals surface area contributed by atoms with Crippen LogP contribution in [0.15, 0.2) is 0 Å². The molecular weight excluding hydrogens is 216 g/mol. The zero-order valence-electron chi connectivity index (χ0n) is 13.0. The summed E-state index contributed by atoms with van der Waals surface area (Å²) in [4.78, 5) is 0. The Bertz CT molecular complexity index is 238. The van der Waals surface area contributed by atoms with Crippen LogP contribution in [0.2, 0.25) is 0 Å². The normalized spacial score (nSPS) is 36.5. The Morgan fingerprint density at radius 2 is 1.67 bits per heavy atom. The summed E-state index contributed by atoms with van der Waals surface area (Å²) in [5, 5.41) is 0. The molecule has 0 aromatic rings. The lowest BCUT2D eigenvalue weighted by Gasteiger charge is -2.41. The van der Waals surface area contributed by atoms with E-state index in [1.165, 1.54) is 70.6 Å². The molecule has 0 nitrogen and oxygen atoms in total. The molecule has 0 amide bonds. The first kappa shape index (κ1) is 14.4. The molecule has 3 unspecified atom stereocenters. The van der Waals surface area contributed by atoms with E-state index in [9.17, 15) is 0 Å². The molecule has 106 valence electrons. The van der Waals surface area contributed by atoms with Crippen LogP contribution in [0.4, 0.5) is 0 Å². The maximum Gasteiger partial charge on any atom is -0.0300 e. The molecule has 2 aliphatic carbocycles. The first-order valence-corrected chi connectivity index (χ1v) is 8.62. The average molecular weight is 250 g/mol. The van der Waals surface area contributed by atoms with E-state index in [-0.39, 0.29) is 0 Å². The van der Waals surface area contributed by atoms with Crippen molar-refractivity contribution in [2.24, 2.45) is 23.2 Å². The maximum absolute atomic E-state index is 2.57. The highest BCUT2D eigenvalue weighted by Crippen LogP contribution is 2.45. The minimum atomic E-state index is 0.668. The lowest BCUT2D eigenvalue weighted by Crippen LogP contribution is -2.30. The molecule has 0 spiro atoms. The van der Waals surface area contributed by atoms with Gasteiger partial charge < -0.3 is 0 Å². The lowest BCUT2D eigenvalue weighted by molar-refractivity contribution is 0.100. The van der Waals surface area contributed by atoms with Crippen molar-refractivity contribution < 1.29 is 0 Å². The van der Waals surface area contributed by atoms with E-state index in [1.54, 1.807) is 0 Å². The second-order valence-electron chi connectivity index (χ2n) is 7.71. The van der Waals surface area contributed by atoms with Gasteiger partial charge in [-0.15, -0.1) is 0 Å². The van der Waals surface area contributed by atoms with Gasteiger partial charge in [-0.1, -0.05) is 72.1 Å². The van der Waals surface area contributed by atoms with Crippen LogP contribution in [0.25, 0.3) is 0 Å². The molecule has 0 heteroatoms. The molecule has 2 rings (SSSR count). The van der Waals surface area contributed by atoms with Crippen LogP contribution in [0.1, 0.15) is 91.4 Å². The highest BCUT2D eigenvalue weighted by atomic mass is 14.4. The first-order valence-electron chi connectivity index (χ1n) is 8.62. The molecule has 2 aliphatic rings. The van der Waals surface area contributed by atoms with Gasteiger partial charge in [-0.25, -0.2) is 0 Å². The Labute approximate surface area is 115 Å². The van der Waals surface area contributed by atoms with Crippen LogP contribution >= 0.6 is 0 Å². The van der Waals surface area contributed by atoms with E-state index in [2.05, 4.69) is 20.8 Å². The molecule has 0 aromatic carbocycles. The molecule has 0 N–H and O–H groups in total. The van der Waals surface area contributed by atoms with Crippen LogP contribution in [0.5, 0.6) is 0 Å². The van der Waals surface area contributed by atoms with Crippen molar-refractivity contribution in [1.82, 2.24) is 0 Å². The minimum Gasteiger partial charge on any atom is -0.0622 e. The minimum absolute atomic E-state index is 0.668. The number of rotatable bonds is 4. The first-order chi connectivity index (χ1) is 8.62. The SMILES string of the molecule is CC(CCC1(C)CCCCC1C)C1CCCCC1. The van der Waals surface area contributed by atoms with Gasteiger partial charge >= 0.3 is 0 Å². The standard InChI is InChI=1S/C18H34/c1-15(17-10-5-4-6-11-17)12-14-18(3)13-8-7-9-16(18)2/h15-17H,4-14H2,1-3H3. The summed E-state index contributed by atoms with van der Waals surface area (Å²) >= 11 is 0. The average Bonchev–Trinajstić information content (AvgIpc) is 2.41. The molecule has 2 saturated carbocycles. The van der Waals surface area contributed by atoms with Crippen LogP contribution < -0.4 is 0 Å². The van der Waals surface area contributed by atoms with Crippen molar-refractivity contribution in [2.45, 2.75) is 91.4 Å². The van der Waals surface area contributed by atoms with Gasteiger partial charge in [0.25, 0.3) is 0 Å². The molecule has 0 aromatic heterocycles. The fourth-order valence-electron chi connectivity index (χ4n) is 4.44. The van der Waals surface area contributed by atoms with Crippen molar-refractivity contribution in [2.75, 3.05) is 0 Å². The Morgan fingerprint density at radius 1 is 1.00 bits per heavy atom. The van der Waals surface area contributed by atoms with Crippen molar-refractivity contribution >= 4 is 0 Å². The van der Waals surface area contributed by atoms with Gasteiger partial charge in [-0.3, -0.25) is 0 Å². The third-order valence-corrected chi connectivity index (χ3v) is 6.45. The van der Waals surface area contributed by atoms with Crippen molar-refractivity contribution in [1.29, 1.82) is 0 Å². The summed E-state index contributed by atoms with van der Waals surface area (Å²) < 4.78 is 0. The molecule has 3 atom stereocenters. The second kappa shape index (κ2) is 6.44. The predicted octanol–water partition coefficient (Wildman–Crippen LogP) is 6.20. The summed E-state index contributed by atoms with van der Waals surface area (Å²) in [7, 11) is 0. The fourth-order valence-corrected chi connectivity index (χ4v) is 4.44. The zero-order valence-corrected chi connectivity index (χ0v) is 13.0. The highest BCUT2D eigenvalue weighted by molar-refractivity contribution is 4.85. The quantitative estimate of drug-likeness (QED) is 0.557. The van der Waals surface area contributed by atoms with Crippen LogP contribution in [0, 0.1) is 23.2 Å².